The van der Waals surface area contributed by atoms with Gasteiger partial charge in [-0.25, -0.2) is 4.98 Å². The summed E-state index contributed by atoms with van der Waals surface area (Å²) >= 11 is 1.25. The molecule has 0 spiro atoms. The minimum atomic E-state index is -4.45. The SMILES string of the molecule is CC(=O)N(c1ccccc1)c1nc(/C=C/C(=O)NC(C)c2cccc(C(F)(F)F)c2)cs1. The van der Waals surface area contributed by atoms with Gasteiger partial charge in [0, 0.05) is 18.4 Å². The number of benzene rings is 2. The van der Waals surface area contributed by atoms with E-state index in [4.69, 9.17) is 0 Å². The summed E-state index contributed by atoms with van der Waals surface area (Å²) in [6.45, 7) is 3.04. The van der Waals surface area contributed by atoms with Gasteiger partial charge in [-0.2, -0.15) is 13.2 Å². The maximum atomic E-state index is 12.9. The number of thiazole rings is 1. The van der Waals surface area contributed by atoms with Crippen molar-refractivity contribution in [3.05, 3.63) is 82.9 Å². The Bertz CT molecular complexity index is 1130. The van der Waals surface area contributed by atoms with Gasteiger partial charge in [0.15, 0.2) is 5.13 Å². The molecule has 1 atom stereocenters. The third-order valence-electron chi connectivity index (χ3n) is 4.51. The van der Waals surface area contributed by atoms with Gasteiger partial charge in [-0.05, 0) is 42.8 Å². The van der Waals surface area contributed by atoms with Crippen LogP contribution in [0.3, 0.4) is 0 Å². The average molecular weight is 459 g/mol. The van der Waals surface area contributed by atoms with Gasteiger partial charge in [-0.1, -0.05) is 30.3 Å². The lowest BCUT2D eigenvalue weighted by Gasteiger charge is -2.17. The topological polar surface area (TPSA) is 62.3 Å². The number of halogens is 3. The summed E-state index contributed by atoms with van der Waals surface area (Å²) in [5.41, 5.74) is 0.735. The molecule has 1 N–H and O–H groups in total. The van der Waals surface area contributed by atoms with E-state index in [2.05, 4.69) is 10.3 Å². The van der Waals surface area contributed by atoms with E-state index in [1.807, 2.05) is 18.2 Å². The molecular formula is C23H20F3N3O2S. The van der Waals surface area contributed by atoms with Crippen molar-refractivity contribution in [1.29, 1.82) is 0 Å². The summed E-state index contributed by atoms with van der Waals surface area (Å²) < 4.78 is 38.7. The standard InChI is InChI=1S/C23H20F3N3O2S/c1-15(17-7-6-8-18(13-17)23(24,25)26)27-21(31)12-11-19-14-32-22(28-19)29(16(2)30)20-9-4-3-5-10-20/h3-15H,1-2H3,(H,27,31)/b12-11+. The number of para-hydroxylation sites is 1. The number of amides is 2. The highest BCUT2D eigenvalue weighted by molar-refractivity contribution is 7.14. The van der Waals surface area contributed by atoms with Crippen molar-refractivity contribution in [2.24, 2.45) is 0 Å². The average Bonchev–Trinajstić information content (AvgIpc) is 3.21. The van der Waals surface area contributed by atoms with Crippen LogP contribution in [0.2, 0.25) is 0 Å². The Hall–Kier alpha value is -3.46. The van der Waals surface area contributed by atoms with Crippen LogP contribution in [0, 0.1) is 0 Å². The number of hydrogen-bond acceptors (Lipinski definition) is 4. The van der Waals surface area contributed by atoms with Gasteiger partial charge < -0.3 is 5.32 Å². The molecule has 2 amide bonds. The molecule has 166 valence electrons. The minimum absolute atomic E-state index is 0.200. The van der Waals surface area contributed by atoms with Crippen molar-refractivity contribution in [1.82, 2.24) is 10.3 Å². The van der Waals surface area contributed by atoms with Crippen LogP contribution in [0.15, 0.2) is 66.1 Å². The van der Waals surface area contributed by atoms with E-state index in [1.165, 1.54) is 47.4 Å². The minimum Gasteiger partial charge on any atom is -0.346 e. The molecule has 0 aliphatic carbocycles. The molecule has 2 aromatic carbocycles. The van der Waals surface area contributed by atoms with Crippen LogP contribution in [0.5, 0.6) is 0 Å². The molecule has 0 radical (unpaired) electrons. The molecule has 32 heavy (non-hydrogen) atoms. The monoisotopic (exact) mass is 459 g/mol. The molecule has 1 unspecified atom stereocenters. The third-order valence-corrected chi connectivity index (χ3v) is 5.35. The van der Waals surface area contributed by atoms with Crippen molar-refractivity contribution < 1.29 is 22.8 Å². The highest BCUT2D eigenvalue weighted by atomic mass is 32.1. The molecule has 0 saturated heterocycles. The molecular weight excluding hydrogens is 439 g/mol. The van der Waals surface area contributed by atoms with Crippen LogP contribution in [0.25, 0.3) is 6.08 Å². The summed E-state index contributed by atoms with van der Waals surface area (Å²) in [6, 6.07) is 13.3. The molecule has 3 rings (SSSR count). The molecule has 0 aliphatic heterocycles. The first-order chi connectivity index (χ1) is 15.1. The predicted octanol–water partition coefficient (Wildman–Crippen LogP) is 5.74. The van der Waals surface area contributed by atoms with E-state index in [0.29, 0.717) is 22.1 Å². The van der Waals surface area contributed by atoms with Crippen molar-refractivity contribution >= 4 is 40.0 Å². The van der Waals surface area contributed by atoms with E-state index >= 15 is 0 Å². The largest absolute Gasteiger partial charge is 0.416 e. The number of rotatable bonds is 6. The predicted molar refractivity (Wildman–Crippen MR) is 118 cm³/mol. The summed E-state index contributed by atoms with van der Waals surface area (Å²) in [6.07, 6.45) is -1.71. The van der Waals surface area contributed by atoms with Crippen molar-refractivity contribution in [3.63, 3.8) is 0 Å². The van der Waals surface area contributed by atoms with Crippen molar-refractivity contribution in [2.75, 3.05) is 4.90 Å². The van der Waals surface area contributed by atoms with Crippen LogP contribution in [-0.4, -0.2) is 16.8 Å². The lowest BCUT2D eigenvalue weighted by Crippen LogP contribution is -2.25. The maximum Gasteiger partial charge on any atom is 0.416 e. The molecule has 0 saturated carbocycles. The van der Waals surface area contributed by atoms with E-state index < -0.39 is 23.7 Å². The van der Waals surface area contributed by atoms with Crippen molar-refractivity contribution in [2.45, 2.75) is 26.1 Å². The molecule has 9 heteroatoms. The molecule has 1 aromatic heterocycles. The number of carbonyl (C=O) groups is 2. The zero-order valence-electron chi connectivity index (χ0n) is 17.3. The Kier molecular flexibility index (Phi) is 7.09. The smallest absolute Gasteiger partial charge is 0.346 e. The molecule has 0 fully saturated rings. The normalized spacial score (nSPS) is 12.5. The van der Waals surface area contributed by atoms with E-state index in [-0.39, 0.29) is 5.91 Å². The van der Waals surface area contributed by atoms with Gasteiger partial charge in [0.1, 0.15) is 0 Å². The molecule has 3 aromatic rings. The van der Waals surface area contributed by atoms with Crippen LogP contribution in [-0.2, 0) is 15.8 Å². The second kappa shape index (κ2) is 9.78. The summed E-state index contributed by atoms with van der Waals surface area (Å²) in [7, 11) is 0. The van der Waals surface area contributed by atoms with E-state index in [1.54, 1.807) is 24.4 Å². The number of alkyl halides is 3. The number of nitrogens with zero attached hydrogens (tertiary/aromatic N) is 2. The van der Waals surface area contributed by atoms with Crippen LogP contribution in [0.4, 0.5) is 24.0 Å². The number of carbonyl (C=O) groups excluding carboxylic acids is 2. The number of aromatic nitrogens is 1. The van der Waals surface area contributed by atoms with Crippen LogP contribution < -0.4 is 10.2 Å². The summed E-state index contributed by atoms with van der Waals surface area (Å²) in [5, 5.41) is 4.80. The zero-order valence-corrected chi connectivity index (χ0v) is 18.1. The maximum absolute atomic E-state index is 12.9. The van der Waals surface area contributed by atoms with Gasteiger partial charge in [-0.3, -0.25) is 14.5 Å². The third kappa shape index (κ3) is 5.82. The first-order valence-electron chi connectivity index (χ1n) is 9.62. The summed E-state index contributed by atoms with van der Waals surface area (Å²) in [4.78, 5) is 30.2. The number of nitrogens with one attached hydrogen (secondary N) is 1. The first kappa shape index (κ1) is 23.2. The molecule has 0 bridgehead atoms. The fourth-order valence-electron chi connectivity index (χ4n) is 2.95. The first-order valence-corrected chi connectivity index (χ1v) is 10.5. The quantitative estimate of drug-likeness (QED) is 0.479. The van der Waals surface area contributed by atoms with Crippen molar-refractivity contribution in [3.8, 4) is 0 Å². The fourth-order valence-corrected chi connectivity index (χ4v) is 3.80. The van der Waals surface area contributed by atoms with Gasteiger partial charge in [0.2, 0.25) is 11.8 Å². The van der Waals surface area contributed by atoms with Gasteiger partial charge in [0.25, 0.3) is 0 Å². The molecule has 5 nitrogen and oxygen atoms in total. The molecule has 1 heterocycles. The van der Waals surface area contributed by atoms with Gasteiger partial charge in [-0.15, -0.1) is 11.3 Å². The second-order valence-corrected chi connectivity index (χ2v) is 7.77. The molecule has 0 aliphatic rings. The Morgan fingerprint density at radius 1 is 1.12 bits per heavy atom. The zero-order chi connectivity index (χ0) is 23.3. The fraction of sp³-hybridized carbons (Fsp3) is 0.174. The Morgan fingerprint density at radius 2 is 1.84 bits per heavy atom. The lowest BCUT2D eigenvalue weighted by molar-refractivity contribution is -0.137. The van der Waals surface area contributed by atoms with Gasteiger partial charge in [0.05, 0.1) is 23.0 Å². The van der Waals surface area contributed by atoms with Crippen LogP contribution >= 0.6 is 11.3 Å². The van der Waals surface area contributed by atoms with Crippen LogP contribution in [0.1, 0.15) is 36.7 Å². The Labute approximate surface area is 187 Å². The van der Waals surface area contributed by atoms with E-state index in [9.17, 15) is 22.8 Å². The highest BCUT2D eigenvalue weighted by Crippen LogP contribution is 2.31. The second-order valence-electron chi connectivity index (χ2n) is 6.93. The number of anilines is 2. The highest BCUT2D eigenvalue weighted by Gasteiger charge is 2.30. The number of hydrogen-bond donors (Lipinski definition) is 1. The Balaban J connectivity index is 1.68. The van der Waals surface area contributed by atoms with E-state index in [0.717, 1.165) is 12.1 Å². The Morgan fingerprint density at radius 3 is 2.50 bits per heavy atom. The van der Waals surface area contributed by atoms with Gasteiger partial charge >= 0.3 is 6.18 Å². The summed E-state index contributed by atoms with van der Waals surface area (Å²) in [5.74, 6) is -0.676. The lowest BCUT2D eigenvalue weighted by atomic mass is 10.0.